The van der Waals surface area contributed by atoms with Gasteiger partial charge in [0.1, 0.15) is 6.54 Å². The third kappa shape index (κ3) is 4.22. The Bertz CT molecular complexity index is 1280. The summed E-state index contributed by atoms with van der Waals surface area (Å²) in [5, 5.41) is 6.10. The van der Waals surface area contributed by atoms with Crippen molar-refractivity contribution in [3.63, 3.8) is 0 Å². The summed E-state index contributed by atoms with van der Waals surface area (Å²) < 4.78 is 1.06. The Labute approximate surface area is 172 Å². The lowest BCUT2D eigenvalue weighted by atomic mass is 9.99. The summed E-state index contributed by atoms with van der Waals surface area (Å²) in [6.07, 6.45) is 0.611. The Kier molecular flexibility index (Phi) is 5.57. The molecule has 0 aliphatic rings. The predicted molar refractivity (Wildman–Crippen MR) is 116 cm³/mol. The molecule has 30 heavy (non-hydrogen) atoms. The van der Waals surface area contributed by atoms with Crippen molar-refractivity contribution < 1.29 is 4.79 Å². The van der Waals surface area contributed by atoms with Crippen LogP contribution in [-0.4, -0.2) is 15.7 Å². The number of hydrogen-bond donors (Lipinski definition) is 2. The van der Waals surface area contributed by atoms with Gasteiger partial charge >= 0.3 is 0 Å². The van der Waals surface area contributed by atoms with E-state index < -0.39 is 11.1 Å². The van der Waals surface area contributed by atoms with E-state index in [-0.39, 0.29) is 23.9 Å². The van der Waals surface area contributed by atoms with E-state index in [0.717, 1.165) is 15.8 Å². The molecule has 0 aliphatic heterocycles. The Balaban J connectivity index is 1.59. The van der Waals surface area contributed by atoms with Crippen LogP contribution in [0, 0.1) is 0 Å². The molecule has 6 nitrogen and oxygen atoms in total. The molecule has 0 fully saturated rings. The molecule has 1 heterocycles. The summed E-state index contributed by atoms with van der Waals surface area (Å²) in [5.41, 5.74) is 1.25. The fourth-order valence-corrected chi connectivity index (χ4v) is 3.53. The van der Waals surface area contributed by atoms with Crippen LogP contribution in [0.15, 0.2) is 94.5 Å². The molecule has 0 radical (unpaired) electrons. The lowest BCUT2D eigenvalue weighted by Crippen LogP contribution is -2.38. The van der Waals surface area contributed by atoms with Crippen LogP contribution in [0.4, 0.5) is 0 Å². The molecule has 4 rings (SSSR count). The number of benzene rings is 3. The van der Waals surface area contributed by atoms with Crippen molar-refractivity contribution in [3.05, 3.63) is 117 Å². The smallest absolute Gasteiger partial charge is 0.273 e. The maximum Gasteiger partial charge on any atom is 0.273 e. The molecule has 0 aliphatic carbocycles. The van der Waals surface area contributed by atoms with Gasteiger partial charge in [0.2, 0.25) is 5.91 Å². The zero-order chi connectivity index (χ0) is 20.9. The Morgan fingerprint density at radius 2 is 1.43 bits per heavy atom. The van der Waals surface area contributed by atoms with Gasteiger partial charge in [-0.3, -0.25) is 19.5 Å². The molecule has 4 aromatic rings. The topological polar surface area (TPSA) is 84.0 Å². The predicted octanol–water partition coefficient (Wildman–Crippen LogP) is 2.79. The summed E-state index contributed by atoms with van der Waals surface area (Å²) in [5.74, 6) is -0.354. The molecule has 6 heteroatoms. The summed E-state index contributed by atoms with van der Waals surface area (Å²) in [4.78, 5) is 37.7. The van der Waals surface area contributed by atoms with Gasteiger partial charge in [-0.2, -0.15) is 0 Å². The van der Waals surface area contributed by atoms with E-state index >= 15 is 0 Å². The number of H-pyrrole nitrogens is 1. The normalized spacial score (nSPS) is 11.9. The second-order valence-corrected chi connectivity index (χ2v) is 7.10. The number of carbonyl (C=O) groups excluding carboxylic acids is 1. The molecule has 2 N–H and O–H groups in total. The van der Waals surface area contributed by atoms with E-state index in [1.54, 1.807) is 24.3 Å². The van der Waals surface area contributed by atoms with Gasteiger partial charge < -0.3 is 5.32 Å². The largest absolute Gasteiger partial charge is 0.347 e. The van der Waals surface area contributed by atoms with Crippen LogP contribution in [0.5, 0.6) is 0 Å². The highest BCUT2D eigenvalue weighted by Gasteiger charge is 2.17. The monoisotopic (exact) mass is 399 g/mol. The van der Waals surface area contributed by atoms with Crippen molar-refractivity contribution in [2.24, 2.45) is 0 Å². The van der Waals surface area contributed by atoms with Crippen molar-refractivity contribution >= 4 is 16.7 Å². The number of fused-ring (bicyclic) bond motifs is 1. The maximum atomic E-state index is 12.8. The average Bonchev–Trinajstić information content (AvgIpc) is 2.78. The standard InChI is InChI=1S/C24H21N3O3/c28-22(16-27-24(30)20-14-8-7-13-19(20)23(29)26-27)25-21(18-11-5-2-6-12-18)15-17-9-3-1-4-10-17/h1-14,21H,15-16H2,(H,25,28)(H,26,29)/t21-/m0/s1. The van der Waals surface area contributed by atoms with Crippen LogP contribution in [-0.2, 0) is 17.8 Å². The second kappa shape index (κ2) is 8.61. The van der Waals surface area contributed by atoms with Gasteiger partial charge in [0.25, 0.3) is 11.1 Å². The molecule has 0 saturated carbocycles. The molecule has 0 bridgehead atoms. The highest BCUT2D eigenvalue weighted by atomic mass is 16.2. The summed E-state index contributed by atoms with van der Waals surface area (Å²) in [7, 11) is 0. The third-order valence-electron chi connectivity index (χ3n) is 5.01. The first kappa shape index (κ1) is 19.4. The van der Waals surface area contributed by atoms with Crippen molar-refractivity contribution in [1.82, 2.24) is 15.1 Å². The number of carbonyl (C=O) groups is 1. The molecule has 0 unspecified atom stereocenters. The first-order chi connectivity index (χ1) is 14.6. The minimum absolute atomic E-state index is 0.260. The summed E-state index contributed by atoms with van der Waals surface area (Å²) in [6, 6.07) is 25.9. The van der Waals surface area contributed by atoms with E-state index in [9.17, 15) is 14.4 Å². The number of aromatic amines is 1. The zero-order valence-electron chi connectivity index (χ0n) is 16.2. The van der Waals surface area contributed by atoms with Gasteiger partial charge in [0.15, 0.2) is 0 Å². The van der Waals surface area contributed by atoms with Crippen molar-refractivity contribution in [3.8, 4) is 0 Å². The fourth-order valence-electron chi connectivity index (χ4n) is 3.53. The van der Waals surface area contributed by atoms with Crippen LogP contribution in [0.2, 0.25) is 0 Å². The van der Waals surface area contributed by atoms with Crippen LogP contribution in [0.3, 0.4) is 0 Å². The van der Waals surface area contributed by atoms with Gasteiger partial charge in [-0.25, -0.2) is 4.68 Å². The number of nitrogens with zero attached hydrogens (tertiary/aromatic N) is 1. The van der Waals surface area contributed by atoms with Crippen LogP contribution >= 0.6 is 0 Å². The number of nitrogens with one attached hydrogen (secondary N) is 2. The summed E-state index contributed by atoms with van der Waals surface area (Å²) >= 11 is 0. The van der Waals surface area contributed by atoms with E-state index in [4.69, 9.17) is 0 Å². The van der Waals surface area contributed by atoms with E-state index in [1.807, 2.05) is 60.7 Å². The van der Waals surface area contributed by atoms with E-state index in [0.29, 0.717) is 11.8 Å². The lowest BCUT2D eigenvalue weighted by Gasteiger charge is -2.20. The SMILES string of the molecule is O=C(Cn1[nH]c(=O)c2ccccc2c1=O)N[C@@H](Cc1ccccc1)c1ccccc1. The molecule has 1 atom stereocenters. The zero-order valence-corrected chi connectivity index (χ0v) is 16.2. The molecule has 1 aromatic heterocycles. The number of hydrogen-bond acceptors (Lipinski definition) is 3. The van der Waals surface area contributed by atoms with Crippen molar-refractivity contribution in [2.75, 3.05) is 0 Å². The number of rotatable bonds is 6. The average molecular weight is 399 g/mol. The molecular weight excluding hydrogens is 378 g/mol. The van der Waals surface area contributed by atoms with Gasteiger partial charge in [-0.15, -0.1) is 0 Å². The highest BCUT2D eigenvalue weighted by molar-refractivity contribution is 5.81. The minimum Gasteiger partial charge on any atom is -0.347 e. The molecule has 0 saturated heterocycles. The van der Waals surface area contributed by atoms with Crippen LogP contribution in [0.1, 0.15) is 17.2 Å². The second-order valence-electron chi connectivity index (χ2n) is 7.10. The fraction of sp³-hybridized carbons (Fsp3) is 0.125. The first-order valence-electron chi connectivity index (χ1n) is 9.72. The lowest BCUT2D eigenvalue weighted by molar-refractivity contribution is -0.122. The Morgan fingerprint density at radius 3 is 2.13 bits per heavy atom. The van der Waals surface area contributed by atoms with Crippen molar-refractivity contribution in [1.29, 1.82) is 0 Å². The first-order valence-corrected chi connectivity index (χ1v) is 9.72. The van der Waals surface area contributed by atoms with Crippen LogP contribution in [0.25, 0.3) is 10.8 Å². The molecule has 3 aromatic carbocycles. The van der Waals surface area contributed by atoms with Gasteiger partial charge in [0, 0.05) is 0 Å². The highest BCUT2D eigenvalue weighted by Crippen LogP contribution is 2.18. The molecule has 0 spiro atoms. The van der Waals surface area contributed by atoms with E-state index in [1.165, 1.54) is 0 Å². The Hall–Kier alpha value is -3.93. The van der Waals surface area contributed by atoms with Gasteiger partial charge in [0.05, 0.1) is 16.8 Å². The molecular formula is C24H21N3O3. The molecule has 1 amide bonds. The molecule has 150 valence electrons. The van der Waals surface area contributed by atoms with Crippen LogP contribution < -0.4 is 16.4 Å². The third-order valence-corrected chi connectivity index (χ3v) is 5.01. The van der Waals surface area contributed by atoms with Gasteiger partial charge in [-0.1, -0.05) is 72.8 Å². The maximum absolute atomic E-state index is 12.8. The number of aromatic nitrogens is 2. The summed E-state index contributed by atoms with van der Waals surface area (Å²) in [6.45, 7) is -0.267. The quantitative estimate of drug-likeness (QED) is 0.523. The number of amides is 1. The Morgan fingerprint density at radius 1 is 0.833 bits per heavy atom. The van der Waals surface area contributed by atoms with E-state index in [2.05, 4.69) is 10.4 Å². The van der Waals surface area contributed by atoms with Gasteiger partial charge in [-0.05, 0) is 29.7 Å². The van der Waals surface area contributed by atoms with Crippen molar-refractivity contribution in [2.45, 2.75) is 19.0 Å². The minimum atomic E-state index is -0.403.